The lowest BCUT2D eigenvalue weighted by Crippen LogP contribution is -2.65. The van der Waals surface area contributed by atoms with Crippen molar-refractivity contribution in [2.75, 3.05) is 19.8 Å². The van der Waals surface area contributed by atoms with Gasteiger partial charge in [-0.05, 0) is 0 Å². The van der Waals surface area contributed by atoms with E-state index in [1.54, 1.807) is 0 Å². The van der Waals surface area contributed by atoms with Gasteiger partial charge in [0.25, 0.3) is 0 Å². The molecule has 0 spiro atoms. The van der Waals surface area contributed by atoms with Crippen LogP contribution in [-0.2, 0) is 23.7 Å². The summed E-state index contributed by atoms with van der Waals surface area (Å²) < 4.78 is 21.1. The molecule has 14 atom stereocenters. The number of rotatable bonds is 11. The molecule has 0 saturated carbocycles. The van der Waals surface area contributed by atoms with E-state index in [1.165, 1.54) is 0 Å². The van der Waals surface area contributed by atoms with Crippen molar-refractivity contribution in [2.45, 2.75) is 85.8 Å². The predicted octanol–water partition coefficient (Wildman–Crippen LogP) is -7.73. The van der Waals surface area contributed by atoms with E-state index in [-0.39, 0.29) is 6.29 Å². The van der Waals surface area contributed by atoms with Gasteiger partial charge in [0.15, 0.2) is 18.9 Å². The van der Waals surface area contributed by atoms with Gasteiger partial charge < -0.3 is 79.9 Å². The standard InChI is InChI=1S/C18H32O16/c19-1-5(23)9(25)15(6(24)2-20)33-18-14(30)12(28)16(8(4-22)32-18)34-17-13(29)11(27)10(26)7(3-21)31-17/h1,5-18,20-30H,2-4H2/t5-,6-,7-,8-,9-,10-,11+,12-,13+,14-,15-,16-,17+,18+/m1/s1. The minimum Gasteiger partial charge on any atom is -0.394 e. The number of hydrogen-bond acceptors (Lipinski definition) is 16. The summed E-state index contributed by atoms with van der Waals surface area (Å²) in [6.45, 7) is -2.64. The SMILES string of the molecule is O=C[C@@H](O)[C@@H](O)[C@H](O[C@@H]1O[C@H](CO)[C@@H](O[C@@H]2O[C@H](CO)[C@@H](O)[C@H](O)[C@@H]2O)[C@H](O)[C@H]1O)[C@H](O)CO. The quantitative estimate of drug-likeness (QED) is 0.117. The zero-order chi connectivity index (χ0) is 25.7. The van der Waals surface area contributed by atoms with Crippen LogP contribution in [0, 0.1) is 0 Å². The Morgan fingerprint density at radius 2 is 1.32 bits per heavy atom. The van der Waals surface area contributed by atoms with Crippen molar-refractivity contribution in [1.82, 2.24) is 0 Å². The molecule has 2 aliphatic heterocycles. The van der Waals surface area contributed by atoms with Crippen LogP contribution in [0.4, 0.5) is 0 Å². The minimum atomic E-state index is -2.08. The Morgan fingerprint density at radius 1 is 0.765 bits per heavy atom. The molecule has 2 saturated heterocycles. The first-order valence-corrected chi connectivity index (χ1v) is 10.4. The largest absolute Gasteiger partial charge is 0.394 e. The zero-order valence-electron chi connectivity index (χ0n) is 17.7. The van der Waals surface area contributed by atoms with Crippen molar-refractivity contribution < 1.29 is 79.9 Å². The number of aldehydes is 1. The van der Waals surface area contributed by atoms with Crippen molar-refractivity contribution in [3.63, 3.8) is 0 Å². The molecule has 0 aromatic carbocycles. The Bertz CT molecular complexity index is 621. The van der Waals surface area contributed by atoms with E-state index in [4.69, 9.17) is 24.1 Å². The molecule has 2 fully saturated rings. The molecule has 0 bridgehead atoms. The van der Waals surface area contributed by atoms with E-state index >= 15 is 0 Å². The first kappa shape index (κ1) is 29.3. The summed E-state index contributed by atoms with van der Waals surface area (Å²) in [7, 11) is 0. The highest BCUT2D eigenvalue weighted by molar-refractivity contribution is 5.56. The van der Waals surface area contributed by atoms with Gasteiger partial charge in [-0.25, -0.2) is 0 Å². The summed E-state index contributed by atoms with van der Waals surface area (Å²) in [5.74, 6) is 0. The summed E-state index contributed by atoms with van der Waals surface area (Å²) in [4.78, 5) is 10.8. The third-order valence-electron chi connectivity index (χ3n) is 5.64. The Labute approximate surface area is 192 Å². The van der Waals surface area contributed by atoms with Crippen LogP contribution >= 0.6 is 0 Å². The van der Waals surface area contributed by atoms with E-state index in [9.17, 15) is 55.9 Å². The number of ether oxygens (including phenoxy) is 4. The van der Waals surface area contributed by atoms with Crippen LogP contribution in [0.15, 0.2) is 0 Å². The number of carbonyl (C=O) groups excluding carboxylic acids is 1. The Balaban J connectivity index is 2.17. The molecule has 34 heavy (non-hydrogen) atoms. The topological polar surface area (TPSA) is 277 Å². The molecule has 0 unspecified atom stereocenters. The van der Waals surface area contributed by atoms with Crippen LogP contribution < -0.4 is 0 Å². The van der Waals surface area contributed by atoms with Crippen molar-refractivity contribution in [1.29, 1.82) is 0 Å². The normalized spacial score (nSPS) is 42.6. The van der Waals surface area contributed by atoms with Crippen LogP contribution in [0.25, 0.3) is 0 Å². The summed E-state index contributed by atoms with van der Waals surface area (Å²) >= 11 is 0. The monoisotopic (exact) mass is 504 g/mol. The molecule has 2 heterocycles. The van der Waals surface area contributed by atoms with Crippen LogP contribution in [0.3, 0.4) is 0 Å². The summed E-state index contributed by atoms with van der Waals surface area (Å²) in [6.07, 6.45) is -25.4. The maximum Gasteiger partial charge on any atom is 0.187 e. The average Bonchev–Trinajstić information content (AvgIpc) is 2.84. The molecule has 0 amide bonds. The van der Waals surface area contributed by atoms with Gasteiger partial charge in [0, 0.05) is 0 Å². The minimum absolute atomic E-state index is 0.0704. The van der Waals surface area contributed by atoms with Gasteiger partial charge in [-0.3, -0.25) is 0 Å². The first-order valence-electron chi connectivity index (χ1n) is 10.4. The third-order valence-corrected chi connectivity index (χ3v) is 5.64. The van der Waals surface area contributed by atoms with Crippen LogP contribution in [0.5, 0.6) is 0 Å². The van der Waals surface area contributed by atoms with E-state index in [2.05, 4.69) is 0 Å². The zero-order valence-corrected chi connectivity index (χ0v) is 17.7. The first-order chi connectivity index (χ1) is 16.0. The summed E-state index contributed by atoms with van der Waals surface area (Å²) in [6, 6.07) is 0. The molecule has 0 aliphatic carbocycles. The molecule has 16 heteroatoms. The molecule has 2 aliphatic rings. The second-order valence-electron chi connectivity index (χ2n) is 7.97. The second kappa shape index (κ2) is 12.9. The van der Waals surface area contributed by atoms with Crippen LogP contribution in [0.2, 0.25) is 0 Å². The van der Waals surface area contributed by atoms with Gasteiger partial charge in [-0.1, -0.05) is 0 Å². The smallest absolute Gasteiger partial charge is 0.187 e. The molecule has 0 aromatic heterocycles. The highest BCUT2D eigenvalue weighted by Crippen LogP contribution is 2.30. The van der Waals surface area contributed by atoms with Gasteiger partial charge in [0.05, 0.1) is 19.8 Å². The molecule has 16 nitrogen and oxygen atoms in total. The fraction of sp³-hybridized carbons (Fsp3) is 0.944. The lowest BCUT2D eigenvalue weighted by Gasteiger charge is -2.46. The van der Waals surface area contributed by atoms with Crippen molar-refractivity contribution in [2.24, 2.45) is 0 Å². The third kappa shape index (κ3) is 6.25. The molecular weight excluding hydrogens is 472 g/mol. The summed E-state index contributed by atoms with van der Waals surface area (Å²) in [5.41, 5.74) is 0. The van der Waals surface area contributed by atoms with Gasteiger partial charge in [0.1, 0.15) is 73.2 Å². The lowest BCUT2D eigenvalue weighted by molar-refractivity contribution is -0.367. The average molecular weight is 504 g/mol. The highest BCUT2D eigenvalue weighted by Gasteiger charge is 2.51. The van der Waals surface area contributed by atoms with E-state index in [0.717, 1.165) is 0 Å². The van der Waals surface area contributed by atoms with E-state index < -0.39 is 106 Å². The fourth-order valence-electron chi connectivity index (χ4n) is 3.60. The van der Waals surface area contributed by atoms with Gasteiger partial charge >= 0.3 is 0 Å². The lowest BCUT2D eigenvalue weighted by atomic mass is 9.96. The molecule has 11 N–H and O–H groups in total. The van der Waals surface area contributed by atoms with Crippen molar-refractivity contribution in [3.8, 4) is 0 Å². The maximum absolute atomic E-state index is 10.8. The van der Waals surface area contributed by atoms with Gasteiger partial charge in [0.2, 0.25) is 0 Å². The number of hydrogen-bond donors (Lipinski definition) is 11. The maximum atomic E-state index is 10.8. The Kier molecular flexibility index (Phi) is 11.1. The predicted molar refractivity (Wildman–Crippen MR) is 102 cm³/mol. The van der Waals surface area contributed by atoms with Gasteiger partial charge in [-0.15, -0.1) is 0 Å². The highest BCUT2D eigenvalue weighted by atomic mass is 16.7. The van der Waals surface area contributed by atoms with E-state index in [1.807, 2.05) is 0 Å². The summed E-state index contributed by atoms with van der Waals surface area (Å²) in [5, 5.41) is 108. The fourth-order valence-corrected chi connectivity index (χ4v) is 3.60. The van der Waals surface area contributed by atoms with Gasteiger partial charge in [-0.2, -0.15) is 0 Å². The number of aliphatic hydroxyl groups excluding tert-OH is 11. The number of aliphatic hydroxyl groups is 11. The number of carbonyl (C=O) groups is 1. The Hall–Kier alpha value is -0.930. The van der Waals surface area contributed by atoms with Crippen LogP contribution in [-0.4, -0.2) is 168 Å². The molecular formula is C18H32O16. The van der Waals surface area contributed by atoms with Crippen LogP contribution in [0.1, 0.15) is 0 Å². The second-order valence-corrected chi connectivity index (χ2v) is 7.97. The van der Waals surface area contributed by atoms with Crippen molar-refractivity contribution >= 4 is 6.29 Å². The molecule has 200 valence electrons. The van der Waals surface area contributed by atoms with Crippen molar-refractivity contribution in [3.05, 3.63) is 0 Å². The molecule has 2 rings (SSSR count). The van der Waals surface area contributed by atoms with E-state index in [0.29, 0.717) is 0 Å². The Morgan fingerprint density at radius 3 is 1.85 bits per heavy atom. The molecule has 0 aromatic rings. The molecule has 0 radical (unpaired) electrons.